The van der Waals surface area contributed by atoms with Gasteiger partial charge in [-0.15, -0.1) is 0 Å². The minimum Gasteiger partial charge on any atom is -0.508 e. The molecule has 6 aliphatic carbocycles. The summed E-state index contributed by atoms with van der Waals surface area (Å²) in [5.74, 6) is -6.08. The van der Waals surface area contributed by atoms with Gasteiger partial charge in [-0.2, -0.15) is 47.0 Å². The first-order chi connectivity index (χ1) is 52.7. The van der Waals surface area contributed by atoms with Crippen LogP contribution in [0, 0.1) is 11.8 Å². The highest BCUT2D eigenvalue weighted by Gasteiger charge is 2.41. The van der Waals surface area contributed by atoms with Crippen LogP contribution in [0.5, 0.6) is 5.75 Å². The summed E-state index contributed by atoms with van der Waals surface area (Å²) in [7, 11) is 0. The number of aliphatic carboxylic acids is 4. The highest BCUT2D eigenvalue weighted by molar-refractivity contribution is 8.04. The van der Waals surface area contributed by atoms with Gasteiger partial charge in [-0.05, 0) is 90.0 Å². The molecule has 34 heteroatoms. The molecule has 0 aromatic heterocycles. The van der Waals surface area contributed by atoms with Crippen molar-refractivity contribution in [3.63, 3.8) is 0 Å². The summed E-state index contributed by atoms with van der Waals surface area (Å²) < 4.78 is 40.1. The number of amides is 2. The number of aliphatic hydroxyl groups excluding tert-OH is 2. The fraction of sp³-hybridized carbons (Fsp3) is 0.421. The van der Waals surface area contributed by atoms with Crippen LogP contribution in [0.2, 0.25) is 0 Å². The second-order valence-electron chi connectivity index (χ2n) is 26.2. The third-order valence-corrected chi connectivity index (χ3v) is 25.2. The number of nitrogens with two attached hydrogens (primary N) is 2. The number of ketones is 2. The number of aromatic carboxylic acids is 1. The number of carbonyl (C=O) groups excluding carboxylic acids is 5. The molecule has 2 amide bonds. The molecule has 12 unspecified atom stereocenters. The van der Waals surface area contributed by atoms with Gasteiger partial charge in [0.2, 0.25) is 11.8 Å². The van der Waals surface area contributed by atoms with Crippen molar-refractivity contribution in [3.05, 3.63) is 171 Å². The summed E-state index contributed by atoms with van der Waals surface area (Å²) in [6.45, 7) is 1.04. The minimum atomic E-state index is -1.21. The SMILES string of the molecule is NC(CSC1CCC1SCC(N)C(=O)O)C(=O)O.O=COc1cc(CC(=S)COCCOCCC(=O)NC(CSC2CCC2SCC(NC(=O)CCOCCOCC(=S)Cc2ccc(C3=C4C=CC(O)=CC4OC4=CC(=O)C=CC43)c(C(=O)O)c2)C(=O)O)C(=O)O)ccc1C1=C2C=CC(O)=CC2OC2=CC(=O)C=CC21. The van der Waals surface area contributed by atoms with Gasteiger partial charge in [0.15, 0.2) is 11.6 Å². The number of thioether (sulfide) groups is 4. The predicted molar refractivity (Wildman–Crippen MR) is 420 cm³/mol. The topological polar surface area (TPSA) is 453 Å². The number of rotatable bonds is 43. The van der Waals surface area contributed by atoms with Crippen molar-refractivity contribution in [1.29, 1.82) is 0 Å². The highest BCUT2D eigenvalue weighted by Crippen LogP contribution is 2.48. The molecule has 588 valence electrons. The maximum atomic E-state index is 12.8. The first-order valence-electron chi connectivity index (χ1n) is 35.0. The summed E-state index contributed by atoms with van der Waals surface area (Å²) in [5.41, 5.74) is 16.1. The van der Waals surface area contributed by atoms with Crippen molar-refractivity contribution >= 4 is 152 Å². The standard InChI is InChI=1S/C66H66N2O20S4.C10H18N2O4S2/c69-35-86-53-26-37(2-8-45(53)63-48-11-5-40(72)29-56(48)88-57-30-41(73)6-12-49(57)63)24-43(90)32-85-22-20-83-18-16-61(75)68-52(66(80)81)34-92-59-14-13-58(59)91-33-51(65(78)79)67-60(74)15-17-82-19-21-84-31-42(89)23-36-1-7-44(50(25-36)64(76)77)62-46-9-3-38(70)27-54(46)87-55-28-39(71)4-10-47(55)62;11-5(9(13)14)3-17-7-1-2-8(7)18-4-6(12)10(15)16/h1-12,25-30,35,46,48,51-52,55,57-59,71,73H,13-24,31-34H2,(H,67,74)(H,68,75)(H,76,77)(H,78,79)(H,80,81);5-8H,1-4,11-12H2,(H,13,14)(H,15,16). The average Bonchev–Trinajstić information content (AvgIpc) is 0.754. The fourth-order valence-corrected chi connectivity index (χ4v) is 18.9. The van der Waals surface area contributed by atoms with Gasteiger partial charge >= 0.3 is 29.8 Å². The van der Waals surface area contributed by atoms with Crippen LogP contribution in [0.3, 0.4) is 0 Å². The van der Waals surface area contributed by atoms with E-state index in [1.165, 1.54) is 72.1 Å². The number of aliphatic hydroxyl groups is 2. The molecule has 2 heterocycles. The molecule has 8 aliphatic rings. The Bertz CT molecular complexity index is 4170. The normalized spacial score (nSPS) is 22.2. The Morgan fingerprint density at radius 2 is 0.945 bits per heavy atom. The molecule has 0 spiro atoms. The summed E-state index contributed by atoms with van der Waals surface area (Å²) >= 11 is 17.0. The van der Waals surface area contributed by atoms with E-state index in [-0.39, 0.29) is 129 Å². The summed E-state index contributed by atoms with van der Waals surface area (Å²) in [6, 6.07) is 6.38. The van der Waals surface area contributed by atoms with Crippen molar-refractivity contribution in [3.8, 4) is 5.75 Å². The van der Waals surface area contributed by atoms with E-state index in [2.05, 4.69) is 10.6 Å². The third-order valence-electron chi connectivity index (χ3n) is 18.3. The van der Waals surface area contributed by atoms with Gasteiger partial charge in [-0.25, -0.2) is 14.4 Å². The molecule has 2 aromatic carbocycles. The molecule has 110 heavy (non-hydrogen) atoms. The van der Waals surface area contributed by atoms with Crippen molar-refractivity contribution in [1.82, 2.24) is 10.6 Å². The lowest BCUT2D eigenvalue weighted by Gasteiger charge is -2.36. The van der Waals surface area contributed by atoms with Crippen LogP contribution in [-0.2, 0) is 84.4 Å². The van der Waals surface area contributed by atoms with E-state index in [1.54, 1.807) is 72.1 Å². The first-order valence-corrected chi connectivity index (χ1v) is 40.0. The van der Waals surface area contributed by atoms with E-state index < -0.39 is 89.9 Å². The Kier molecular flexibility index (Phi) is 32.4. The second kappa shape index (κ2) is 41.7. The Balaban J connectivity index is 0.000000679. The zero-order valence-corrected chi connectivity index (χ0v) is 64.1. The van der Waals surface area contributed by atoms with E-state index >= 15 is 0 Å². The summed E-state index contributed by atoms with van der Waals surface area (Å²) in [6.07, 6.45) is 21.0. The van der Waals surface area contributed by atoms with Crippen molar-refractivity contribution in [2.24, 2.45) is 23.3 Å². The third kappa shape index (κ3) is 24.5. The quantitative estimate of drug-likeness (QED) is 0.0184. The summed E-state index contributed by atoms with van der Waals surface area (Å²) in [5, 5.41) is 73.6. The Morgan fingerprint density at radius 3 is 1.35 bits per heavy atom. The number of carbonyl (C=O) groups is 10. The van der Waals surface area contributed by atoms with Crippen molar-refractivity contribution in [2.75, 3.05) is 75.9 Å². The lowest BCUT2D eigenvalue weighted by molar-refractivity contribution is -0.141. The van der Waals surface area contributed by atoms with E-state index in [9.17, 15) is 73.5 Å². The van der Waals surface area contributed by atoms with Crippen LogP contribution in [0.15, 0.2) is 143 Å². The fourth-order valence-electron chi connectivity index (χ4n) is 12.4. The number of benzene rings is 2. The molecule has 2 saturated carbocycles. The van der Waals surface area contributed by atoms with E-state index in [1.807, 2.05) is 12.1 Å². The molecule has 2 aliphatic heterocycles. The lowest BCUT2D eigenvalue weighted by Crippen LogP contribution is -2.45. The van der Waals surface area contributed by atoms with E-state index in [0.29, 0.717) is 84.0 Å². The number of fused-ring (bicyclic) bond motifs is 4. The number of hydrogen-bond donors (Lipinski definition) is 11. The first kappa shape index (κ1) is 85.5. The van der Waals surface area contributed by atoms with Gasteiger partial charge in [-0.1, -0.05) is 73.0 Å². The molecule has 28 nitrogen and oxygen atoms in total. The van der Waals surface area contributed by atoms with Crippen LogP contribution in [0.25, 0.3) is 11.1 Å². The van der Waals surface area contributed by atoms with Crippen molar-refractivity contribution < 1.29 is 117 Å². The summed E-state index contributed by atoms with van der Waals surface area (Å²) in [4.78, 5) is 121. The second-order valence-corrected chi connectivity index (χ2v) is 32.4. The number of thiocarbonyl (C=S) groups is 2. The molecular formula is C76H84N4O24S6. The van der Waals surface area contributed by atoms with Crippen molar-refractivity contribution in [2.45, 2.75) is 109 Å². The number of allylic oxidation sites excluding steroid dienone is 8. The maximum Gasteiger partial charge on any atom is 0.336 e. The van der Waals surface area contributed by atoms with Gasteiger partial charge in [0.05, 0.1) is 70.3 Å². The zero-order valence-electron chi connectivity index (χ0n) is 59.2. The molecule has 10 rings (SSSR count). The maximum absolute atomic E-state index is 12.8. The zero-order chi connectivity index (χ0) is 79.1. The number of carboxylic acid groups (broad SMARTS) is 5. The number of ether oxygens (including phenoxy) is 7. The van der Waals surface area contributed by atoms with Gasteiger partial charge < -0.3 is 91.0 Å². The average molecular weight is 1630 g/mol. The van der Waals surface area contributed by atoms with Crippen LogP contribution >= 0.6 is 71.5 Å². The molecule has 0 radical (unpaired) electrons. The molecular weight excluding hydrogens is 1550 g/mol. The van der Waals surface area contributed by atoms with Crippen LogP contribution in [-0.4, -0.2) is 238 Å². The smallest absolute Gasteiger partial charge is 0.336 e. The van der Waals surface area contributed by atoms with Gasteiger partial charge in [0.1, 0.15) is 65.2 Å². The Labute approximate surface area is 660 Å². The van der Waals surface area contributed by atoms with Crippen LogP contribution < -0.4 is 26.8 Å². The largest absolute Gasteiger partial charge is 0.508 e. The molecule has 0 saturated heterocycles. The van der Waals surface area contributed by atoms with Gasteiger partial charge in [0, 0.05) is 120 Å². The molecule has 13 N–H and O–H groups in total. The Morgan fingerprint density at radius 1 is 0.536 bits per heavy atom. The van der Waals surface area contributed by atoms with Gasteiger partial charge in [0.25, 0.3) is 6.47 Å². The Hall–Kier alpha value is -8.52. The highest BCUT2D eigenvalue weighted by atomic mass is 32.2. The molecule has 0 bridgehead atoms. The number of hydrogen-bond acceptors (Lipinski definition) is 27. The minimum absolute atomic E-state index is 0.00000556. The number of carboxylic acids is 5. The van der Waals surface area contributed by atoms with E-state index in [0.717, 1.165) is 42.4 Å². The number of nitrogens with one attached hydrogen (secondary N) is 2. The monoisotopic (exact) mass is 1630 g/mol. The van der Waals surface area contributed by atoms with Crippen LogP contribution in [0.4, 0.5) is 0 Å². The molecule has 2 fully saturated rings. The predicted octanol–water partition coefficient (Wildman–Crippen LogP) is 6.84. The van der Waals surface area contributed by atoms with E-state index in [4.69, 9.17) is 79.3 Å². The van der Waals surface area contributed by atoms with Gasteiger partial charge in [-0.3, -0.25) is 33.6 Å². The molecule has 2 aromatic rings. The molecule has 12 atom stereocenters. The van der Waals surface area contributed by atoms with Crippen LogP contribution in [0.1, 0.15) is 71.1 Å². The lowest BCUT2D eigenvalue weighted by atomic mass is 9.78.